The van der Waals surface area contributed by atoms with Gasteiger partial charge in [-0.25, -0.2) is 4.39 Å². The van der Waals surface area contributed by atoms with Gasteiger partial charge in [0.15, 0.2) is 0 Å². The van der Waals surface area contributed by atoms with Gasteiger partial charge in [-0.15, -0.1) is 11.8 Å². The van der Waals surface area contributed by atoms with Gasteiger partial charge >= 0.3 is 0 Å². The Hall–Kier alpha value is -0.830. The highest BCUT2D eigenvalue weighted by atomic mass is 32.2. The molecule has 0 spiro atoms. The van der Waals surface area contributed by atoms with Crippen LogP contribution >= 0.6 is 11.8 Å². The van der Waals surface area contributed by atoms with Gasteiger partial charge in [-0.2, -0.15) is 0 Å². The average molecular weight is 209 g/mol. The summed E-state index contributed by atoms with van der Waals surface area (Å²) in [5, 5.41) is 1.20. The molecular weight excluding hydrogens is 197 g/mol. The molecule has 0 saturated heterocycles. The van der Waals surface area contributed by atoms with Crippen molar-refractivity contribution in [1.29, 1.82) is 0 Å². The Morgan fingerprint density at radius 2 is 2.07 bits per heavy atom. The average Bonchev–Trinajstić information content (AvgIpc) is 2.46. The first kappa shape index (κ1) is 9.71. The van der Waals surface area contributed by atoms with Crippen molar-refractivity contribution in [3.8, 4) is 0 Å². The zero-order valence-corrected chi connectivity index (χ0v) is 9.01. The van der Waals surface area contributed by atoms with Crippen LogP contribution in [0.1, 0.15) is 24.7 Å². The number of rotatable bonds is 1. The van der Waals surface area contributed by atoms with Crippen LogP contribution in [-0.2, 0) is 0 Å². The number of nitrogens with zero attached hydrogens (tertiary/aromatic N) is 1. The van der Waals surface area contributed by atoms with Crippen molar-refractivity contribution in [2.24, 2.45) is 4.99 Å². The lowest BCUT2D eigenvalue weighted by molar-refractivity contribution is 0.595. The minimum atomic E-state index is -0.123. The normalized spacial score (nSPS) is 26.4. The molecule has 1 unspecified atom stereocenters. The summed E-state index contributed by atoms with van der Waals surface area (Å²) < 4.78 is 13.5. The predicted molar refractivity (Wildman–Crippen MR) is 59.3 cm³/mol. The Kier molecular flexibility index (Phi) is 2.59. The summed E-state index contributed by atoms with van der Waals surface area (Å²) in [4.78, 5) is 4.40. The lowest BCUT2D eigenvalue weighted by atomic mass is 10.1. The van der Waals surface area contributed by atoms with Gasteiger partial charge < -0.3 is 0 Å². The summed E-state index contributed by atoms with van der Waals surface area (Å²) in [7, 11) is 0. The van der Waals surface area contributed by atoms with E-state index < -0.39 is 0 Å². The Balaban J connectivity index is 2.30. The van der Waals surface area contributed by atoms with E-state index in [4.69, 9.17) is 0 Å². The monoisotopic (exact) mass is 209 g/mol. The zero-order chi connectivity index (χ0) is 10.1. The molecule has 1 aromatic rings. The molecule has 0 aromatic heterocycles. The third kappa shape index (κ3) is 1.69. The van der Waals surface area contributed by atoms with Gasteiger partial charge in [0.05, 0.1) is 16.3 Å². The van der Waals surface area contributed by atoms with E-state index in [0.29, 0.717) is 0 Å². The Labute approximate surface area is 87.4 Å². The van der Waals surface area contributed by atoms with Crippen LogP contribution in [-0.4, -0.2) is 11.1 Å². The second kappa shape index (κ2) is 3.73. The van der Waals surface area contributed by atoms with Crippen LogP contribution in [0.5, 0.6) is 0 Å². The lowest BCUT2D eigenvalue weighted by Crippen LogP contribution is -2.06. The van der Waals surface area contributed by atoms with E-state index >= 15 is 0 Å². The molecule has 2 rings (SSSR count). The first-order chi connectivity index (χ1) is 6.68. The summed E-state index contributed by atoms with van der Waals surface area (Å²) in [6.07, 6.45) is 0. The number of benzene rings is 1. The molecule has 0 radical (unpaired) electrons. The maximum atomic E-state index is 13.5. The maximum Gasteiger partial charge on any atom is 0.127 e. The molecule has 1 aromatic carbocycles. The molecule has 0 saturated carbocycles. The minimum absolute atomic E-state index is 0.123. The van der Waals surface area contributed by atoms with Crippen LogP contribution in [0.3, 0.4) is 0 Å². The van der Waals surface area contributed by atoms with Gasteiger partial charge in [0, 0.05) is 5.56 Å². The smallest absolute Gasteiger partial charge is 0.127 e. The van der Waals surface area contributed by atoms with Crippen molar-refractivity contribution in [2.75, 3.05) is 0 Å². The molecule has 0 fully saturated rings. The van der Waals surface area contributed by atoms with Crippen LogP contribution in [0.15, 0.2) is 29.3 Å². The minimum Gasteiger partial charge on any atom is -0.279 e. The number of aliphatic imine (C=N–C) groups is 1. The van der Waals surface area contributed by atoms with E-state index in [1.54, 1.807) is 17.8 Å². The molecule has 0 bridgehead atoms. The summed E-state index contributed by atoms with van der Waals surface area (Å²) >= 11 is 1.65. The van der Waals surface area contributed by atoms with Gasteiger partial charge in [-0.3, -0.25) is 4.99 Å². The highest BCUT2D eigenvalue weighted by molar-refractivity contribution is 8.14. The fourth-order valence-electron chi connectivity index (χ4n) is 1.70. The Morgan fingerprint density at radius 3 is 2.64 bits per heavy atom. The zero-order valence-electron chi connectivity index (χ0n) is 8.20. The standard InChI is InChI=1S/C11H12FNS/c1-7-11(14-8(2)13-7)9-5-3-4-6-10(9)12/h3-7,11H,1-2H3/t7-,11?/m1/s1. The highest BCUT2D eigenvalue weighted by Gasteiger charge is 2.27. The second-order valence-corrected chi connectivity index (χ2v) is 4.78. The summed E-state index contributed by atoms with van der Waals surface area (Å²) in [5.74, 6) is -0.123. The third-order valence-electron chi connectivity index (χ3n) is 2.33. The van der Waals surface area contributed by atoms with Crippen LogP contribution in [0.2, 0.25) is 0 Å². The topological polar surface area (TPSA) is 12.4 Å². The molecule has 1 nitrogen and oxygen atoms in total. The maximum absolute atomic E-state index is 13.5. The van der Waals surface area contributed by atoms with Gasteiger partial charge in [-0.1, -0.05) is 18.2 Å². The van der Waals surface area contributed by atoms with Crippen LogP contribution in [0.25, 0.3) is 0 Å². The van der Waals surface area contributed by atoms with Crippen LogP contribution in [0.4, 0.5) is 4.39 Å². The first-order valence-corrected chi connectivity index (χ1v) is 5.52. The molecule has 1 aliphatic rings. The molecule has 3 heteroatoms. The van der Waals surface area contributed by atoms with Crippen LogP contribution < -0.4 is 0 Å². The number of hydrogen-bond donors (Lipinski definition) is 0. The summed E-state index contributed by atoms with van der Waals surface area (Å²) in [6, 6.07) is 7.13. The van der Waals surface area contributed by atoms with E-state index in [1.807, 2.05) is 26.0 Å². The van der Waals surface area contributed by atoms with Crippen molar-refractivity contribution in [3.63, 3.8) is 0 Å². The Morgan fingerprint density at radius 1 is 1.36 bits per heavy atom. The van der Waals surface area contributed by atoms with Gasteiger partial charge in [0.1, 0.15) is 5.82 Å². The van der Waals surface area contributed by atoms with Gasteiger partial charge in [0.25, 0.3) is 0 Å². The molecule has 14 heavy (non-hydrogen) atoms. The molecular formula is C11H12FNS. The number of halogens is 1. The van der Waals surface area contributed by atoms with E-state index in [-0.39, 0.29) is 17.1 Å². The van der Waals surface area contributed by atoms with Crippen molar-refractivity contribution >= 4 is 16.8 Å². The van der Waals surface area contributed by atoms with Gasteiger partial charge in [0.2, 0.25) is 0 Å². The fraction of sp³-hybridized carbons (Fsp3) is 0.364. The predicted octanol–water partition coefficient (Wildman–Crippen LogP) is 3.42. The summed E-state index contributed by atoms with van der Waals surface area (Å²) in [5.41, 5.74) is 0.769. The summed E-state index contributed by atoms with van der Waals surface area (Å²) in [6.45, 7) is 4.00. The lowest BCUT2D eigenvalue weighted by Gasteiger charge is -2.13. The van der Waals surface area contributed by atoms with E-state index in [0.717, 1.165) is 10.6 Å². The molecule has 0 amide bonds. The van der Waals surface area contributed by atoms with E-state index in [2.05, 4.69) is 4.99 Å². The fourth-order valence-corrected chi connectivity index (χ4v) is 2.87. The molecule has 2 atom stereocenters. The van der Waals surface area contributed by atoms with E-state index in [9.17, 15) is 4.39 Å². The van der Waals surface area contributed by atoms with E-state index in [1.165, 1.54) is 6.07 Å². The van der Waals surface area contributed by atoms with Crippen molar-refractivity contribution in [2.45, 2.75) is 25.1 Å². The molecule has 0 aliphatic carbocycles. The highest BCUT2D eigenvalue weighted by Crippen LogP contribution is 2.40. The quantitative estimate of drug-likeness (QED) is 0.690. The Bertz CT molecular complexity index is 375. The largest absolute Gasteiger partial charge is 0.279 e. The number of hydrogen-bond acceptors (Lipinski definition) is 2. The first-order valence-electron chi connectivity index (χ1n) is 4.64. The van der Waals surface area contributed by atoms with Crippen molar-refractivity contribution in [3.05, 3.63) is 35.6 Å². The SMILES string of the molecule is CC1=N[C@H](C)C(c2ccccc2F)S1. The van der Waals surface area contributed by atoms with Crippen molar-refractivity contribution in [1.82, 2.24) is 0 Å². The number of thioether (sulfide) groups is 1. The molecule has 1 heterocycles. The van der Waals surface area contributed by atoms with Gasteiger partial charge in [-0.05, 0) is 19.9 Å². The second-order valence-electron chi connectivity index (χ2n) is 3.45. The third-order valence-corrected chi connectivity index (χ3v) is 3.68. The molecule has 1 aliphatic heterocycles. The molecule has 0 N–H and O–H groups in total. The molecule has 74 valence electrons. The van der Waals surface area contributed by atoms with Crippen molar-refractivity contribution < 1.29 is 4.39 Å². The van der Waals surface area contributed by atoms with Crippen LogP contribution in [0, 0.1) is 5.82 Å².